The van der Waals surface area contributed by atoms with Crippen molar-refractivity contribution in [1.29, 1.82) is 0 Å². The summed E-state index contributed by atoms with van der Waals surface area (Å²) in [6, 6.07) is 10.5. The number of carbonyl (C=O) groups is 2. The Morgan fingerprint density at radius 3 is 2.42 bits per heavy atom. The third-order valence-electron chi connectivity index (χ3n) is 4.16. The summed E-state index contributed by atoms with van der Waals surface area (Å²) in [6.07, 6.45) is 4.69. The Labute approximate surface area is 145 Å². The van der Waals surface area contributed by atoms with Gasteiger partial charge in [-0.25, -0.2) is 0 Å². The number of likely N-dealkylation sites (tertiary alicyclic amines) is 1. The lowest BCUT2D eigenvalue weighted by atomic mass is 10.0. The Kier molecular flexibility index (Phi) is 5.11. The van der Waals surface area contributed by atoms with Crippen LogP contribution in [-0.4, -0.2) is 40.8 Å². The molecule has 1 aliphatic heterocycles. The van der Waals surface area contributed by atoms with Gasteiger partial charge in [-0.1, -0.05) is 23.7 Å². The molecule has 1 aliphatic rings. The first-order chi connectivity index (χ1) is 11.6. The number of aromatic nitrogens is 1. The summed E-state index contributed by atoms with van der Waals surface area (Å²) < 4.78 is 0. The number of halogens is 1. The summed E-state index contributed by atoms with van der Waals surface area (Å²) in [5, 5.41) is 3.45. The molecule has 1 fully saturated rings. The van der Waals surface area contributed by atoms with Crippen LogP contribution in [0.15, 0.2) is 48.8 Å². The van der Waals surface area contributed by atoms with Gasteiger partial charge in [-0.3, -0.25) is 14.6 Å². The zero-order valence-corrected chi connectivity index (χ0v) is 13.9. The zero-order chi connectivity index (χ0) is 16.9. The number of nitrogens with zero attached hydrogens (tertiary/aromatic N) is 2. The maximum atomic E-state index is 12.4. The Bertz CT molecular complexity index is 728. The predicted molar refractivity (Wildman–Crippen MR) is 92.1 cm³/mol. The maximum absolute atomic E-state index is 12.4. The quantitative estimate of drug-likeness (QED) is 0.932. The summed E-state index contributed by atoms with van der Waals surface area (Å²) >= 11 is 6.05. The summed E-state index contributed by atoms with van der Waals surface area (Å²) in [5.41, 5.74) is 1.12. The second-order valence-electron chi connectivity index (χ2n) is 5.76. The number of hydrogen-bond acceptors (Lipinski definition) is 3. The highest BCUT2D eigenvalue weighted by Gasteiger charge is 2.25. The van der Waals surface area contributed by atoms with Crippen LogP contribution in [0.3, 0.4) is 0 Å². The van der Waals surface area contributed by atoms with E-state index in [1.807, 2.05) is 4.90 Å². The minimum atomic E-state index is -0.167. The van der Waals surface area contributed by atoms with Crippen molar-refractivity contribution >= 4 is 23.4 Å². The molecule has 1 N–H and O–H groups in total. The van der Waals surface area contributed by atoms with Crippen LogP contribution < -0.4 is 5.32 Å². The highest BCUT2D eigenvalue weighted by molar-refractivity contribution is 6.33. The Balaban J connectivity index is 1.55. The molecule has 1 aromatic carbocycles. The zero-order valence-electron chi connectivity index (χ0n) is 13.1. The second-order valence-corrected chi connectivity index (χ2v) is 6.16. The van der Waals surface area contributed by atoms with E-state index in [4.69, 9.17) is 11.6 Å². The molecular formula is C18H18ClN3O2. The summed E-state index contributed by atoms with van der Waals surface area (Å²) in [7, 11) is 0. The molecule has 124 valence electrons. The van der Waals surface area contributed by atoms with Crippen LogP contribution >= 0.6 is 11.6 Å². The van der Waals surface area contributed by atoms with Crippen LogP contribution in [-0.2, 0) is 0 Å². The van der Waals surface area contributed by atoms with Crippen LogP contribution in [0.2, 0.25) is 5.02 Å². The number of pyridine rings is 1. The van der Waals surface area contributed by atoms with Crippen LogP contribution in [0.4, 0.5) is 0 Å². The largest absolute Gasteiger partial charge is 0.349 e. The number of carbonyl (C=O) groups excluding carboxylic acids is 2. The molecule has 3 rings (SSSR count). The lowest BCUT2D eigenvalue weighted by molar-refractivity contribution is 0.0698. The molecule has 0 unspecified atom stereocenters. The van der Waals surface area contributed by atoms with E-state index in [0.717, 1.165) is 12.8 Å². The van der Waals surface area contributed by atoms with Gasteiger partial charge >= 0.3 is 0 Å². The molecule has 0 bridgehead atoms. The molecule has 2 aromatic rings. The van der Waals surface area contributed by atoms with Gasteiger partial charge in [0.2, 0.25) is 0 Å². The molecule has 24 heavy (non-hydrogen) atoms. The highest BCUT2D eigenvalue weighted by Crippen LogP contribution is 2.17. The number of hydrogen-bond donors (Lipinski definition) is 1. The van der Waals surface area contributed by atoms with Crippen molar-refractivity contribution in [3.63, 3.8) is 0 Å². The highest BCUT2D eigenvalue weighted by atomic mass is 35.5. The summed E-state index contributed by atoms with van der Waals surface area (Å²) in [5.74, 6) is -0.159. The van der Waals surface area contributed by atoms with E-state index in [1.165, 1.54) is 0 Å². The minimum absolute atomic E-state index is 0.00767. The van der Waals surface area contributed by atoms with E-state index >= 15 is 0 Å². The molecule has 0 aliphatic carbocycles. The van der Waals surface area contributed by atoms with Gasteiger partial charge in [0.05, 0.1) is 10.6 Å². The predicted octanol–water partition coefficient (Wildman–Crippen LogP) is 2.77. The monoisotopic (exact) mass is 343 g/mol. The van der Waals surface area contributed by atoms with Gasteiger partial charge < -0.3 is 10.2 Å². The molecule has 1 saturated heterocycles. The summed E-state index contributed by atoms with van der Waals surface area (Å²) in [4.78, 5) is 30.4. The van der Waals surface area contributed by atoms with Crippen LogP contribution in [0.5, 0.6) is 0 Å². The SMILES string of the molecule is O=C(NC1CCN(C(=O)c2ccncc2)CC1)c1ccccc1Cl. The number of nitrogens with one attached hydrogen (secondary N) is 1. The molecule has 0 atom stereocenters. The third kappa shape index (κ3) is 3.74. The van der Waals surface area contributed by atoms with E-state index in [2.05, 4.69) is 10.3 Å². The van der Waals surface area contributed by atoms with Crippen LogP contribution in [0.25, 0.3) is 0 Å². The normalized spacial score (nSPS) is 15.1. The van der Waals surface area contributed by atoms with Crippen molar-refractivity contribution in [2.24, 2.45) is 0 Å². The first kappa shape index (κ1) is 16.5. The van der Waals surface area contributed by atoms with Gasteiger partial charge in [-0.05, 0) is 37.1 Å². The molecular weight excluding hydrogens is 326 g/mol. The van der Waals surface area contributed by atoms with E-state index < -0.39 is 0 Å². The molecule has 5 nitrogen and oxygen atoms in total. The fourth-order valence-corrected chi connectivity index (χ4v) is 3.03. The molecule has 1 aromatic heterocycles. The van der Waals surface area contributed by atoms with Gasteiger partial charge in [-0.2, -0.15) is 0 Å². The van der Waals surface area contributed by atoms with Gasteiger partial charge in [0, 0.05) is 37.1 Å². The van der Waals surface area contributed by atoms with Crippen molar-refractivity contribution in [2.45, 2.75) is 18.9 Å². The number of rotatable bonds is 3. The van der Waals surface area contributed by atoms with Gasteiger partial charge in [0.25, 0.3) is 11.8 Å². The van der Waals surface area contributed by atoms with Crippen LogP contribution in [0.1, 0.15) is 33.6 Å². The van der Waals surface area contributed by atoms with Crippen molar-refractivity contribution in [3.05, 3.63) is 64.9 Å². The van der Waals surface area contributed by atoms with E-state index in [0.29, 0.717) is 29.2 Å². The molecule has 0 radical (unpaired) electrons. The van der Waals surface area contributed by atoms with Gasteiger partial charge in [0.1, 0.15) is 0 Å². The molecule has 2 amide bonds. The standard InChI is InChI=1S/C18H18ClN3O2/c19-16-4-2-1-3-15(16)17(23)21-14-7-11-22(12-8-14)18(24)13-5-9-20-10-6-13/h1-6,9-10,14H,7-8,11-12H2,(H,21,23). The minimum Gasteiger partial charge on any atom is -0.349 e. The fraction of sp³-hybridized carbons (Fsp3) is 0.278. The topological polar surface area (TPSA) is 62.3 Å². The molecule has 0 saturated carbocycles. The van der Waals surface area contributed by atoms with Gasteiger partial charge in [0.15, 0.2) is 0 Å². The van der Waals surface area contributed by atoms with Crippen molar-refractivity contribution in [1.82, 2.24) is 15.2 Å². The first-order valence-electron chi connectivity index (χ1n) is 7.90. The lowest BCUT2D eigenvalue weighted by Crippen LogP contribution is -2.46. The molecule has 2 heterocycles. The lowest BCUT2D eigenvalue weighted by Gasteiger charge is -2.32. The Hall–Kier alpha value is -2.40. The average molecular weight is 344 g/mol. The van der Waals surface area contributed by atoms with Crippen LogP contribution in [0, 0.1) is 0 Å². The van der Waals surface area contributed by atoms with E-state index in [9.17, 15) is 9.59 Å². The number of benzene rings is 1. The van der Waals surface area contributed by atoms with Crippen molar-refractivity contribution in [2.75, 3.05) is 13.1 Å². The number of piperidine rings is 1. The van der Waals surface area contributed by atoms with E-state index in [1.54, 1.807) is 48.8 Å². The Morgan fingerprint density at radius 1 is 1.08 bits per heavy atom. The maximum Gasteiger partial charge on any atom is 0.253 e. The first-order valence-corrected chi connectivity index (χ1v) is 8.27. The smallest absolute Gasteiger partial charge is 0.253 e. The average Bonchev–Trinajstić information content (AvgIpc) is 2.63. The fourth-order valence-electron chi connectivity index (χ4n) is 2.81. The van der Waals surface area contributed by atoms with Crippen molar-refractivity contribution < 1.29 is 9.59 Å². The molecule has 0 spiro atoms. The third-order valence-corrected chi connectivity index (χ3v) is 4.49. The number of amides is 2. The van der Waals surface area contributed by atoms with Crippen molar-refractivity contribution in [3.8, 4) is 0 Å². The summed E-state index contributed by atoms with van der Waals surface area (Å²) in [6.45, 7) is 1.24. The van der Waals surface area contributed by atoms with E-state index in [-0.39, 0.29) is 17.9 Å². The second kappa shape index (κ2) is 7.45. The molecule has 6 heteroatoms. The van der Waals surface area contributed by atoms with Gasteiger partial charge in [-0.15, -0.1) is 0 Å². The Morgan fingerprint density at radius 2 is 1.75 bits per heavy atom.